The Morgan fingerprint density at radius 1 is 1.17 bits per heavy atom. The highest BCUT2D eigenvalue weighted by Crippen LogP contribution is 2.28. The van der Waals surface area contributed by atoms with Gasteiger partial charge in [-0.2, -0.15) is 18.3 Å². The number of aromatic nitrogens is 2. The van der Waals surface area contributed by atoms with Gasteiger partial charge in [0.05, 0.1) is 0 Å². The first-order valence-electron chi connectivity index (χ1n) is 6.02. The molecule has 0 atom stereocenters. The number of aryl methyl sites for hydroxylation is 1. The number of hydrogen-bond acceptors (Lipinski definition) is 2. The molecule has 0 saturated carbocycles. The molecule has 0 spiro atoms. The Labute approximate surface area is 104 Å². The molecule has 1 aliphatic heterocycles. The van der Waals surface area contributed by atoms with Crippen LogP contribution in [0.5, 0.6) is 0 Å². The van der Waals surface area contributed by atoms with Crippen LogP contribution in [0.25, 0.3) is 6.20 Å². The second-order valence-electron chi connectivity index (χ2n) is 4.51. The first-order valence-corrected chi connectivity index (χ1v) is 6.02. The molecule has 2 heterocycles. The molecule has 0 unspecified atom stereocenters. The quantitative estimate of drug-likeness (QED) is 0.813. The van der Waals surface area contributed by atoms with Crippen LogP contribution < -0.4 is 0 Å². The smallest absolute Gasteiger partial charge is 0.376 e. The predicted molar refractivity (Wildman–Crippen MR) is 62.7 cm³/mol. The second-order valence-corrected chi connectivity index (χ2v) is 4.51. The third kappa shape index (κ3) is 3.05. The van der Waals surface area contributed by atoms with Crippen LogP contribution in [0.3, 0.4) is 0 Å². The van der Waals surface area contributed by atoms with E-state index in [2.05, 4.69) is 10.00 Å². The van der Waals surface area contributed by atoms with E-state index in [1.54, 1.807) is 13.1 Å². The molecular weight excluding hydrogens is 243 g/mol. The summed E-state index contributed by atoms with van der Waals surface area (Å²) in [6, 6.07) is 1.06. The average molecular weight is 259 g/mol. The first-order chi connectivity index (χ1) is 8.47. The molecule has 1 saturated heterocycles. The normalized spacial score (nSPS) is 17.7. The summed E-state index contributed by atoms with van der Waals surface area (Å²) in [5.74, 6) is 0. The highest BCUT2D eigenvalue weighted by molar-refractivity contribution is 5.26. The Balaban J connectivity index is 2.09. The van der Waals surface area contributed by atoms with E-state index in [1.807, 2.05) is 6.20 Å². The Bertz CT molecular complexity index is 428. The van der Waals surface area contributed by atoms with E-state index in [4.69, 9.17) is 0 Å². The summed E-state index contributed by atoms with van der Waals surface area (Å²) in [5.41, 5.74) is -0.362. The number of nitrogens with zero attached hydrogens (tertiary/aromatic N) is 3. The fraction of sp³-hybridized carbons (Fsp3) is 0.583. The van der Waals surface area contributed by atoms with Gasteiger partial charge in [-0.1, -0.05) is 0 Å². The fourth-order valence-corrected chi connectivity index (χ4v) is 2.00. The van der Waals surface area contributed by atoms with Crippen molar-refractivity contribution in [3.8, 4) is 0 Å². The number of alkyl halides is 3. The number of hydrogen-bond donors (Lipinski definition) is 0. The van der Waals surface area contributed by atoms with E-state index >= 15 is 0 Å². The molecule has 0 N–H and O–H groups in total. The van der Waals surface area contributed by atoms with E-state index in [0.29, 0.717) is 5.69 Å². The minimum Gasteiger partial charge on any atom is -0.376 e. The third-order valence-electron chi connectivity index (χ3n) is 3.02. The lowest BCUT2D eigenvalue weighted by atomic mass is 10.1. The first kappa shape index (κ1) is 13.0. The van der Waals surface area contributed by atoms with Gasteiger partial charge in [-0.05, 0) is 32.3 Å². The summed E-state index contributed by atoms with van der Waals surface area (Å²) < 4.78 is 38.7. The molecule has 18 heavy (non-hydrogen) atoms. The predicted octanol–water partition coefficient (Wildman–Crippen LogP) is 3.12. The van der Waals surface area contributed by atoms with Crippen LogP contribution in [0.2, 0.25) is 0 Å². The van der Waals surface area contributed by atoms with E-state index in [-0.39, 0.29) is 0 Å². The van der Waals surface area contributed by atoms with Gasteiger partial charge in [-0.25, -0.2) is 4.68 Å². The molecule has 1 fully saturated rings. The van der Waals surface area contributed by atoms with Gasteiger partial charge >= 0.3 is 6.18 Å². The zero-order valence-electron chi connectivity index (χ0n) is 10.2. The van der Waals surface area contributed by atoms with Crippen LogP contribution in [-0.4, -0.2) is 27.8 Å². The van der Waals surface area contributed by atoms with Gasteiger partial charge in [0.2, 0.25) is 0 Å². The molecule has 1 aromatic heterocycles. The minimum atomic E-state index is -4.38. The SMILES string of the molecule is Cc1cc(C(F)(F)F)nn1C=CN1CCCCC1. The lowest BCUT2D eigenvalue weighted by molar-refractivity contribution is -0.141. The van der Waals surface area contributed by atoms with Gasteiger partial charge in [-0.15, -0.1) is 0 Å². The maximum absolute atomic E-state index is 12.5. The van der Waals surface area contributed by atoms with Gasteiger partial charge in [-0.3, -0.25) is 0 Å². The van der Waals surface area contributed by atoms with E-state index < -0.39 is 11.9 Å². The van der Waals surface area contributed by atoms with Crippen molar-refractivity contribution >= 4 is 6.20 Å². The molecule has 3 nitrogen and oxygen atoms in total. The van der Waals surface area contributed by atoms with E-state index in [9.17, 15) is 13.2 Å². The molecule has 6 heteroatoms. The molecule has 1 aliphatic rings. The van der Waals surface area contributed by atoms with Crippen LogP contribution in [-0.2, 0) is 6.18 Å². The summed E-state index contributed by atoms with van der Waals surface area (Å²) in [6.45, 7) is 3.54. The second kappa shape index (κ2) is 5.04. The molecule has 0 aromatic carbocycles. The zero-order valence-corrected chi connectivity index (χ0v) is 10.2. The monoisotopic (exact) mass is 259 g/mol. The van der Waals surface area contributed by atoms with Gasteiger partial charge in [0, 0.05) is 31.2 Å². The van der Waals surface area contributed by atoms with Crippen LogP contribution >= 0.6 is 0 Å². The highest BCUT2D eigenvalue weighted by Gasteiger charge is 2.34. The molecule has 100 valence electrons. The molecular formula is C12H16F3N3. The van der Waals surface area contributed by atoms with Crippen molar-refractivity contribution in [2.24, 2.45) is 0 Å². The van der Waals surface area contributed by atoms with Crippen LogP contribution in [0.1, 0.15) is 30.7 Å². The van der Waals surface area contributed by atoms with Crippen LogP contribution in [0.15, 0.2) is 12.3 Å². The molecule has 0 amide bonds. The number of piperidine rings is 1. The summed E-state index contributed by atoms with van der Waals surface area (Å²) >= 11 is 0. The van der Waals surface area contributed by atoms with Crippen molar-refractivity contribution in [2.45, 2.75) is 32.4 Å². The molecule has 0 aliphatic carbocycles. The zero-order chi connectivity index (χ0) is 13.2. The van der Waals surface area contributed by atoms with Crippen molar-refractivity contribution in [2.75, 3.05) is 13.1 Å². The number of likely N-dealkylation sites (tertiary alicyclic amines) is 1. The average Bonchev–Trinajstić information content (AvgIpc) is 2.69. The van der Waals surface area contributed by atoms with Crippen LogP contribution in [0.4, 0.5) is 13.2 Å². The molecule has 0 bridgehead atoms. The summed E-state index contributed by atoms with van der Waals surface area (Å²) in [4.78, 5) is 2.11. The Hall–Kier alpha value is -1.46. The van der Waals surface area contributed by atoms with E-state index in [1.165, 1.54) is 11.1 Å². The van der Waals surface area contributed by atoms with Gasteiger partial charge in [0.15, 0.2) is 5.69 Å². The Morgan fingerprint density at radius 3 is 2.39 bits per heavy atom. The van der Waals surface area contributed by atoms with Crippen molar-refractivity contribution in [3.63, 3.8) is 0 Å². The summed E-state index contributed by atoms with van der Waals surface area (Å²) in [6.07, 6.45) is 2.53. The van der Waals surface area contributed by atoms with Crippen molar-refractivity contribution in [3.05, 3.63) is 23.7 Å². The summed E-state index contributed by atoms with van der Waals surface area (Å²) in [7, 11) is 0. The minimum absolute atomic E-state index is 0.482. The van der Waals surface area contributed by atoms with Gasteiger partial charge < -0.3 is 4.90 Å². The topological polar surface area (TPSA) is 21.1 Å². The molecule has 0 radical (unpaired) electrons. The lowest BCUT2D eigenvalue weighted by Gasteiger charge is -2.24. The summed E-state index contributed by atoms with van der Waals surface area (Å²) in [5, 5.41) is 3.54. The molecule has 2 rings (SSSR count). The number of rotatable bonds is 2. The maximum atomic E-state index is 12.5. The third-order valence-corrected chi connectivity index (χ3v) is 3.02. The van der Waals surface area contributed by atoms with Gasteiger partial charge in [0.1, 0.15) is 0 Å². The molecule has 1 aromatic rings. The van der Waals surface area contributed by atoms with Gasteiger partial charge in [0.25, 0.3) is 0 Å². The van der Waals surface area contributed by atoms with E-state index in [0.717, 1.165) is 32.0 Å². The fourth-order valence-electron chi connectivity index (χ4n) is 2.00. The van der Waals surface area contributed by atoms with Crippen LogP contribution in [0, 0.1) is 6.92 Å². The van der Waals surface area contributed by atoms with Crippen molar-refractivity contribution in [1.82, 2.24) is 14.7 Å². The Morgan fingerprint density at radius 2 is 1.83 bits per heavy atom. The maximum Gasteiger partial charge on any atom is 0.435 e. The largest absolute Gasteiger partial charge is 0.435 e. The number of halogens is 3. The lowest BCUT2D eigenvalue weighted by Crippen LogP contribution is -2.24. The Kier molecular flexibility index (Phi) is 3.63. The standard InChI is InChI=1S/C12H16F3N3/c1-10-9-11(12(13,14)15)16-18(10)8-7-17-5-3-2-4-6-17/h7-9H,2-6H2,1H3. The van der Waals surface area contributed by atoms with Crippen molar-refractivity contribution < 1.29 is 13.2 Å². The highest BCUT2D eigenvalue weighted by atomic mass is 19.4. The van der Waals surface area contributed by atoms with Crippen molar-refractivity contribution in [1.29, 1.82) is 0 Å².